The molecular formula is C13H21O2. The second kappa shape index (κ2) is 6.65. The molecule has 0 aromatic carbocycles. The summed E-state index contributed by atoms with van der Waals surface area (Å²) in [5, 5.41) is 0. The maximum atomic E-state index is 11.1. The fourth-order valence-corrected chi connectivity index (χ4v) is 1.91. The number of rotatable bonds is 5. The highest BCUT2D eigenvalue weighted by Gasteiger charge is 2.13. The van der Waals surface area contributed by atoms with Crippen molar-refractivity contribution in [2.75, 3.05) is 6.61 Å². The third kappa shape index (κ3) is 5.01. The zero-order valence-corrected chi connectivity index (χ0v) is 9.68. The molecule has 0 N–H and O–H groups in total. The first-order chi connectivity index (χ1) is 7.20. The lowest BCUT2D eigenvalue weighted by Gasteiger charge is -2.20. The molecule has 1 rings (SSSR count). The van der Waals surface area contributed by atoms with Crippen LogP contribution in [0.5, 0.6) is 0 Å². The Morgan fingerprint density at radius 1 is 1.33 bits per heavy atom. The van der Waals surface area contributed by atoms with Crippen LogP contribution in [0, 0.1) is 5.92 Å². The first kappa shape index (κ1) is 12.3. The average Bonchev–Trinajstić information content (AvgIpc) is 2.25. The summed E-state index contributed by atoms with van der Waals surface area (Å²) in [7, 11) is 0. The van der Waals surface area contributed by atoms with Crippen LogP contribution in [0.2, 0.25) is 0 Å². The van der Waals surface area contributed by atoms with E-state index < -0.39 is 0 Å². The van der Waals surface area contributed by atoms with Gasteiger partial charge in [0.15, 0.2) is 0 Å². The summed E-state index contributed by atoms with van der Waals surface area (Å²) in [6.45, 7) is 5.76. The molecule has 0 heterocycles. The largest absolute Gasteiger partial charge is 0.462 e. The summed E-state index contributed by atoms with van der Waals surface area (Å²) < 4.78 is 5.04. The van der Waals surface area contributed by atoms with Crippen molar-refractivity contribution in [1.29, 1.82) is 0 Å². The molecule has 15 heavy (non-hydrogen) atoms. The third-order valence-corrected chi connectivity index (χ3v) is 2.82. The summed E-state index contributed by atoms with van der Waals surface area (Å²) in [4.78, 5) is 11.1. The SMILES string of the molecule is C=C(C)C(=O)OCCC[C]1CCCCC1. The maximum absolute atomic E-state index is 11.1. The minimum atomic E-state index is -0.261. The number of esters is 1. The molecule has 2 heteroatoms. The molecule has 1 saturated carbocycles. The predicted molar refractivity (Wildman–Crippen MR) is 61.3 cm³/mol. The highest BCUT2D eigenvalue weighted by atomic mass is 16.5. The fraction of sp³-hybridized carbons (Fsp3) is 0.692. The Hall–Kier alpha value is -0.790. The van der Waals surface area contributed by atoms with E-state index in [-0.39, 0.29) is 5.97 Å². The minimum Gasteiger partial charge on any atom is -0.462 e. The van der Waals surface area contributed by atoms with Crippen LogP contribution in [-0.4, -0.2) is 12.6 Å². The van der Waals surface area contributed by atoms with Gasteiger partial charge in [-0.25, -0.2) is 4.79 Å². The molecule has 1 fully saturated rings. The third-order valence-electron chi connectivity index (χ3n) is 2.82. The van der Waals surface area contributed by atoms with Crippen LogP contribution in [0.25, 0.3) is 0 Å². The van der Waals surface area contributed by atoms with E-state index in [1.807, 2.05) is 0 Å². The summed E-state index contributed by atoms with van der Waals surface area (Å²) in [5.41, 5.74) is 0.486. The van der Waals surface area contributed by atoms with Gasteiger partial charge < -0.3 is 4.74 Å². The van der Waals surface area contributed by atoms with Gasteiger partial charge in [0.25, 0.3) is 0 Å². The van der Waals surface area contributed by atoms with Crippen LogP contribution < -0.4 is 0 Å². The van der Waals surface area contributed by atoms with E-state index in [1.54, 1.807) is 12.8 Å². The molecule has 1 aliphatic rings. The van der Waals surface area contributed by atoms with Crippen LogP contribution >= 0.6 is 0 Å². The van der Waals surface area contributed by atoms with Crippen LogP contribution in [-0.2, 0) is 9.53 Å². The van der Waals surface area contributed by atoms with Crippen LogP contribution in [0.4, 0.5) is 0 Å². The number of ether oxygens (including phenoxy) is 1. The summed E-state index contributed by atoms with van der Waals surface area (Å²) in [6, 6.07) is 0. The Morgan fingerprint density at radius 3 is 2.60 bits per heavy atom. The van der Waals surface area contributed by atoms with Gasteiger partial charge in [0.2, 0.25) is 0 Å². The molecule has 0 bridgehead atoms. The Balaban J connectivity index is 2.01. The van der Waals surface area contributed by atoms with Crippen molar-refractivity contribution in [3.05, 3.63) is 18.1 Å². The van der Waals surface area contributed by atoms with Gasteiger partial charge in [-0.2, -0.15) is 0 Å². The molecule has 85 valence electrons. The van der Waals surface area contributed by atoms with Gasteiger partial charge in [-0.1, -0.05) is 25.8 Å². The number of hydrogen-bond donors (Lipinski definition) is 0. The standard InChI is InChI=1S/C13H21O2/c1-11(2)13(14)15-10-6-9-12-7-4-3-5-8-12/h1,3-10H2,2H3. The molecule has 0 aromatic heterocycles. The average molecular weight is 209 g/mol. The van der Waals surface area contributed by atoms with E-state index in [4.69, 9.17) is 4.74 Å². The lowest BCUT2D eigenvalue weighted by atomic mass is 9.86. The molecule has 1 radical (unpaired) electrons. The molecule has 1 aliphatic carbocycles. The van der Waals surface area contributed by atoms with E-state index in [0.717, 1.165) is 12.8 Å². The molecular weight excluding hydrogens is 188 g/mol. The van der Waals surface area contributed by atoms with Crippen molar-refractivity contribution in [2.45, 2.75) is 51.9 Å². The predicted octanol–water partition coefficient (Wildman–Crippen LogP) is 3.42. The van der Waals surface area contributed by atoms with E-state index >= 15 is 0 Å². The Morgan fingerprint density at radius 2 is 2.00 bits per heavy atom. The molecule has 0 unspecified atom stereocenters. The van der Waals surface area contributed by atoms with Crippen LogP contribution in [0.3, 0.4) is 0 Å². The van der Waals surface area contributed by atoms with Crippen molar-refractivity contribution in [3.8, 4) is 0 Å². The summed E-state index contributed by atoms with van der Waals surface area (Å²) in [5.74, 6) is 1.40. The number of carbonyl (C=O) groups excluding carboxylic acids is 1. The normalized spacial score (nSPS) is 17.4. The topological polar surface area (TPSA) is 26.3 Å². The first-order valence-corrected chi connectivity index (χ1v) is 5.86. The van der Waals surface area contributed by atoms with Crippen molar-refractivity contribution in [2.24, 2.45) is 0 Å². The Kier molecular flexibility index (Phi) is 5.44. The molecule has 0 spiro atoms. The smallest absolute Gasteiger partial charge is 0.333 e. The quantitative estimate of drug-likeness (QED) is 0.394. The highest BCUT2D eigenvalue weighted by molar-refractivity contribution is 5.86. The zero-order valence-electron chi connectivity index (χ0n) is 9.68. The Labute approximate surface area is 92.7 Å². The lowest BCUT2D eigenvalue weighted by molar-refractivity contribution is -0.139. The van der Waals surface area contributed by atoms with Gasteiger partial charge in [0.05, 0.1) is 6.61 Å². The molecule has 2 nitrogen and oxygen atoms in total. The zero-order chi connectivity index (χ0) is 11.1. The second-order valence-electron chi connectivity index (χ2n) is 4.33. The van der Waals surface area contributed by atoms with Gasteiger partial charge in [-0.3, -0.25) is 0 Å². The van der Waals surface area contributed by atoms with Crippen molar-refractivity contribution < 1.29 is 9.53 Å². The van der Waals surface area contributed by atoms with Crippen molar-refractivity contribution in [3.63, 3.8) is 0 Å². The van der Waals surface area contributed by atoms with E-state index in [9.17, 15) is 4.79 Å². The molecule has 0 amide bonds. The van der Waals surface area contributed by atoms with Crippen molar-refractivity contribution >= 4 is 5.97 Å². The number of carbonyl (C=O) groups is 1. The van der Waals surface area contributed by atoms with Gasteiger partial charge in [-0.05, 0) is 38.5 Å². The highest BCUT2D eigenvalue weighted by Crippen LogP contribution is 2.29. The second-order valence-corrected chi connectivity index (χ2v) is 4.33. The first-order valence-electron chi connectivity index (χ1n) is 5.86. The van der Waals surface area contributed by atoms with E-state index in [1.165, 1.54) is 32.1 Å². The monoisotopic (exact) mass is 209 g/mol. The number of hydrogen-bond acceptors (Lipinski definition) is 2. The van der Waals surface area contributed by atoms with Gasteiger partial charge in [0, 0.05) is 5.57 Å². The van der Waals surface area contributed by atoms with E-state index in [2.05, 4.69) is 6.58 Å². The van der Waals surface area contributed by atoms with Gasteiger partial charge >= 0.3 is 5.97 Å². The molecule has 0 aromatic rings. The minimum absolute atomic E-state index is 0.261. The summed E-state index contributed by atoms with van der Waals surface area (Å²) in [6.07, 6.45) is 8.75. The van der Waals surface area contributed by atoms with Crippen molar-refractivity contribution in [1.82, 2.24) is 0 Å². The van der Waals surface area contributed by atoms with E-state index in [0.29, 0.717) is 12.2 Å². The van der Waals surface area contributed by atoms with Crippen LogP contribution in [0.15, 0.2) is 12.2 Å². The molecule has 0 saturated heterocycles. The maximum Gasteiger partial charge on any atom is 0.333 e. The lowest BCUT2D eigenvalue weighted by Crippen LogP contribution is -2.09. The Bertz CT molecular complexity index is 215. The fourth-order valence-electron chi connectivity index (χ4n) is 1.91. The van der Waals surface area contributed by atoms with Crippen LogP contribution in [0.1, 0.15) is 51.9 Å². The molecule has 0 aliphatic heterocycles. The van der Waals surface area contributed by atoms with Gasteiger partial charge in [-0.15, -0.1) is 0 Å². The van der Waals surface area contributed by atoms with Gasteiger partial charge in [0.1, 0.15) is 0 Å². The summed E-state index contributed by atoms with van der Waals surface area (Å²) >= 11 is 0. The molecule has 0 atom stereocenters.